The van der Waals surface area contributed by atoms with Crippen LogP contribution in [0.25, 0.3) is 0 Å². The number of aromatic nitrogens is 2. The highest BCUT2D eigenvalue weighted by molar-refractivity contribution is 5.35. The van der Waals surface area contributed by atoms with E-state index in [2.05, 4.69) is 5.10 Å². The van der Waals surface area contributed by atoms with Gasteiger partial charge in [-0.1, -0.05) is 19.3 Å². The summed E-state index contributed by atoms with van der Waals surface area (Å²) in [5, 5.41) is 15.3. The molecule has 1 aliphatic carbocycles. The van der Waals surface area contributed by atoms with Gasteiger partial charge in [0.2, 0.25) is 0 Å². The Morgan fingerprint density at radius 2 is 2.19 bits per heavy atom. The van der Waals surface area contributed by atoms with Crippen molar-refractivity contribution in [1.82, 2.24) is 9.78 Å². The molecule has 1 saturated carbocycles. The Bertz CT molecular complexity index is 381. The van der Waals surface area contributed by atoms with Crippen molar-refractivity contribution < 1.29 is 4.92 Å². The second-order valence-corrected chi connectivity index (χ2v) is 4.35. The molecule has 0 spiro atoms. The summed E-state index contributed by atoms with van der Waals surface area (Å²) in [6.45, 7) is 2.63. The van der Waals surface area contributed by atoms with Crippen LogP contribution >= 0.6 is 0 Å². The van der Waals surface area contributed by atoms with E-state index >= 15 is 0 Å². The molecule has 0 radical (unpaired) electrons. The molecule has 0 atom stereocenters. The third kappa shape index (κ3) is 2.08. The molecule has 16 heavy (non-hydrogen) atoms. The van der Waals surface area contributed by atoms with E-state index in [9.17, 15) is 10.1 Å². The highest BCUT2D eigenvalue weighted by atomic mass is 16.6. The molecule has 0 amide bonds. The molecule has 0 N–H and O–H groups in total. The summed E-state index contributed by atoms with van der Waals surface area (Å²) in [6.07, 6.45) is 7.23. The summed E-state index contributed by atoms with van der Waals surface area (Å²) in [7, 11) is 0. The zero-order valence-electron chi connectivity index (χ0n) is 9.56. The first-order chi connectivity index (χ1) is 7.72. The molecule has 0 aliphatic heterocycles. The lowest BCUT2D eigenvalue weighted by Crippen LogP contribution is -2.07. The van der Waals surface area contributed by atoms with Gasteiger partial charge in [0.25, 0.3) is 0 Å². The van der Waals surface area contributed by atoms with E-state index in [1.165, 1.54) is 19.3 Å². The van der Waals surface area contributed by atoms with E-state index in [1.807, 2.05) is 6.92 Å². The number of hydrogen-bond donors (Lipinski definition) is 0. The minimum atomic E-state index is -0.302. The van der Waals surface area contributed by atoms with Crippen molar-refractivity contribution >= 4 is 5.69 Å². The predicted octanol–water partition coefficient (Wildman–Crippen LogP) is 2.86. The van der Waals surface area contributed by atoms with Gasteiger partial charge in [0.15, 0.2) is 0 Å². The van der Waals surface area contributed by atoms with E-state index in [1.54, 1.807) is 10.9 Å². The zero-order chi connectivity index (χ0) is 11.5. The van der Waals surface area contributed by atoms with Crippen molar-refractivity contribution in [1.29, 1.82) is 0 Å². The first-order valence-corrected chi connectivity index (χ1v) is 5.94. The second kappa shape index (κ2) is 4.63. The minimum Gasteiger partial charge on any atom is -0.266 e. The fourth-order valence-electron chi connectivity index (χ4n) is 2.40. The number of nitrogens with zero attached hydrogens (tertiary/aromatic N) is 3. The molecule has 0 saturated heterocycles. The number of nitro groups is 1. The van der Waals surface area contributed by atoms with E-state index in [-0.39, 0.29) is 10.6 Å². The molecule has 1 heterocycles. The van der Waals surface area contributed by atoms with Crippen LogP contribution in [0.4, 0.5) is 5.69 Å². The molecule has 0 aromatic carbocycles. The third-order valence-electron chi connectivity index (χ3n) is 3.28. The minimum absolute atomic E-state index is 0.203. The van der Waals surface area contributed by atoms with Crippen LogP contribution in [0.3, 0.4) is 0 Å². The first-order valence-electron chi connectivity index (χ1n) is 5.94. The molecule has 5 heteroatoms. The maximum atomic E-state index is 10.9. The highest BCUT2D eigenvalue weighted by Crippen LogP contribution is 2.36. The first kappa shape index (κ1) is 11.1. The summed E-state index contributed by atoms with van der Waals surface area (Å²) in [5.41, 5.74) is 0.903. The van der Waals surface area contributed by atoms with Crippen molar-refractivity contribution in [2.75, 3.05) is 0 Å². The van der Waals surface area contributed by atoms with Crippen LogP contribution in [0, 0.1) is 10.1 Å². The quantitative estimate of drug-likeness (QED) is 0.584. The fourth-order valence-corrected chi connectivity index (χ4v) is 2.40. The molecule has 2 rings (SSSR count). The van der Waals surface area contributed by atoms with Crippen LogP contribution in [0.2, 0.25) is 0 Å². The second-order valence-electron chi connectivity index (χ2n) is 4.35. The number of hydrogen-bond acceptors (Lipinski definition) is 3. The highest BCUT2D eigenvalue weighted by Gasteiger charge is 2.27. The maximum absolute atomic E-state index is 10.9. The lowest BCUT2D eigenvalue weighted by molar-refractivity contribution is -0.385. The Morgan fingerprint density at radius 3 is 2.75 bits per heavy atom. The zero-order valence-corrected chi connectivity index (χ0v) is 9.56. The molecule has 1 aromatic heterocycles. The molecule has 1 aliphatic rings. The SMILES string of the molecule is CCn1cc([N+](=O)[O-])c(C2CCCCC2)n1. The Kier molecular flexibility index (Phi) is 3.22. The largest absolute Gasteiger partial charge is 0.310 e. The van der Waals surface area contributed by atoms with Crippen molar-refractivity contribution in [3.63, 3.8) is 0 Å². The van der Waals surface area contributed by atoms with E-state index in [0.717, 1.165) is 12.8 Å². The van der Waals surface area contributed by atoms with Crippen LogP contribution in [-0.2, 0) is 6.54 Å². The van der Waals surface area contributed by atoms with Crippen molar-refractivity contribution in [3.8, 4) is 0 Å². The van der Waals surface area contributed by atoms with Gasteiger partial charge in [0.05, 0.1) is 4.92 Å². The number of rotatable bonds is 3. The Balaban J connectivity index is 2.29. The molecule has 0 bridgehead atoms. The van der Waals surface area contributed by atoms with Crippen LogP contribution < -0.4 is 0 Å². The lowest BCUT2D eigenvalue weighted by Gasteiger charge is -2.18. The monoisotopic (exact) mass is 223 g/mol. The third-order valence-corrected chi connectivity index (χ3v) is 3.28. The molecule has 1 aromatic rings. The van der Waals surface area contributed by atoms with Gasteiger partial charge in [0.1, 0.15) is 11.9 Å². The summed E-state index contributed by atoms with van der Waals surface area (Å²) in [4.78, 5) is 10.6. The van der Waals surface area contributed by atoms with Crippen LogP contribution in [0.1, 0.15) is 50.6 Å². The van der Waals surface area contributed by atoms with Crippen LogP contribution in [-0.4, -0.2) is 14.7 Å². The van der Waals surface area contributed by atoms with E-state index < -0.39 is 0 Å². The molecule has 88 valence electrons. The smallest absolute Gasteiger partial charge is 0.266 e. The Labute approximate surface area is 94.6 Å². The molecular weight excluding hydrogens is 206 g/mol. The van der Waals surface area contributed by atoms with Crippen molar-refractivity contribution in [2.45, 2.75) is 51.5 Å². The van der Waals surface area contributed by atoms with Gasteiger partial charge >= 0.3 is 5.69 Å². The van der Waals surface area contributed by atoms with Gasteiger partial charge in [-0.25, -0.2) is 0 Å². The maximum Gasteiger partial charge on any atom is 0.310 e. The summed E-state index contributed by atoms with van der Waals surface area (Å²) < 4.78 is 1.67. The van der Waals surface area contributed by atoms with Crippen molar-refractivity contribution in [2.24, 2.45) is 0 Å². The van der Waals surface area contributed by atoms with Gasteiger partial charge in [0, 0.05) is 12.5 Å². The van der Waals surface area contributed by atoms with Crippen LogP contribution in [0.5, 0.6) is 0 Å². The Hall–Kier alpha value is -1.39. The van der Waals surface area contributed by atoms with E-state index in [4.69, 9.17) is 0 Å². The molecule has 5 nitrogen and oxygen atoms in total. The molecular formula is C11H17N3O2. The van der Waals surface area contributed by atoms with Gasteiger partial charge in [-0.05, 0) is 19.8 Å². The van der Waals surface area contributed by atoms with Crippen LogP contribution in [0.15, 0.2) is 6.20 Å². The lowest BCUT2D eigenvalue weighted by atomic mass is 9.86. The topological polar surface area (TPSA) is 61.0 Å². The predicted molar refractivity (Wildman–Crippen MR) is 60.4 cm³/mol. The standard InChI is InChI=1S/C11H17N3O2/c1-2-13-8-10(14(15)16)11(12-13)9-6-4-3-5-7-9/h8-9H,2-7H2,1H3. The van der Waals surface area contributed by atoms with Gasteiger partial charge in [-0.2, -0.15) is 5.10 Å². The normalized spacial score (nSPS) is 17.6. The average molecular weight is 223 g/mol. The summed E-state index contributed by atoms with van der Waals surface area (Å²) in [6, 6.07) is 0. The molecule has 1 fully saturated rings. The average Bonchev–Trinajstić information content (AvgIpc) is 2.74. The van der Waals surface area contributed by atoms with Crippen molar-refractivity contribution in [3.05, 3.63) is 22.0 Å². The summed E-state index contributed by atoms with van der Waals surface area (Å²) in [5.74, 6) is 0.293. The van der Waals surface area contributed by atoms with Gasteiger partial charge in [-0.15, -0.1) is 0 Å². The van der Waals surface area contributed by atoms with E-state index in [0.29, 0.717) is 18.2 Å². The van der Waals surface area contributed by atoms with Gasteiger partial charge in [-0.3, -0.25) is 14.8 Å². The Morgan fingerprint density at radius 1 is 1.50 bits per heavy atom. The summed E-state index contributed by atoms with van der Waals surface area (Å²) >= 11 is 0. The number of aryl methyl sites for hydroxylation is 1. The van der Waals surface area contributed by atoms with Gasteiger partial charge < -0.3 is 0 Å². The molecule has 0 unspecified atom stereocenters. The fraction of sp³-hybridized carbons (Fsp3) is 0.727.